The van der Waals surface area contributed by atoms with Crippen LogP contribution in [-0.4, -0.2) is 14.2 Å². The van der Waals surface area contributed by atoms with E-state index in [1.807, 2.05) is 18.2 Å². The maximum Gasteiger partial charge on any atom is 0.123 e. The molecule has 0 spiro atoms. The average molecular weight is 285 g/mol. The van der Waals surface area contributed by atoms with Crippen LogP contribution < -0.4 is 14.8 Å². The van der Waals surface area contributed by atoms with E-state index in [1.54, 1.807) is 14.2 Å². The minimum Gasteiger partial charge on any atom is -0.496 e. The van der Waals surface area contributed by atoms with Gasteiger partial charge >= 0.3 is 0 Å². The lowest BCUT2D eigenvalue weighted by atomic mass is 10.0. The Kier molecular flexibility index (Phi) is 5.23. The molecule has 0 amide bonds. The highest BCUT2D eigenvalue weighted by molar-refractivity contribution is 5.41. The standard InChI is InChI=1S/C18H23NO2/c1-13-10-18(21-4)14(2)9-16(13)12-19-11-15-7-5-6-8-17(15)20-3/h5-10,19H,11-12H2,1-4H3. The molecule has 0 aliphatic rings. The molecule has 112 valence electrons. The highest BCUT2D eigenvalue weighted by Crippen LogP contribution is 2.23. The summed E-state index contributed by atoms with van der Waals surface area (Å²) in [5, 5.41) is 3.48. The number of rotatable bonds is 6. The van der Waals surface area contributed by atoms with Crippen molar-refractivity contribution in [3.8, 4) is 11.5 Å². The van der Waals surface area contributed by atoms with E-state index in [2.05, 4.69) is 37.4 Å². The van der Waals surface area contributed by atoms with E-state index in [1.165, 1.54) is 16.7 Å². The van der Waals surface area contributed by atoms with Crippen LogP contribution in [0.5, 0.6) is 11.5 Å². The molecule has 3 heteroatoms. The third kappa shape index (κ3) is 3.76. The zero-order valence-corrected chi connectivity index (χ0v) is 13.2. The van der Waals surface area contributed by atoms with Crippen LogP contribution in [0.4, 0.5) is 0 Å². The molecule has 0 radical (unpaired) electrons. The number of ether oxygens (including phenoxy) is 2. The summed E-state index contributed by atoms with van der Waals surface area (Å²) in [5.41, 5.74) is 4.87. The van der Waals surface area contributed by atoms with Crippen LogP contribution in [0.3, 0.4) is 0 Å². The summed E-state index contributed by atoms with van der Waals surface area (Å²) in [7, 11) is 3.41. The van der Waals surface area contributed by atoms with Crippen molar-refractivity contribution in [1.82, 2.24) is 5.32 Å². The summed E-state index contributed by atoms with van der Waals surface area (Å²) in [6.45, 7) is 5.80. The fraction of sp³-hybridized carbons (Fsp3) is 0.333. The van der Waals surface area contributed by atoms with Crippen LogP contribution in [0.15, 0.2) is 36.4 Å². The zero-order chi connectivity index (χ0) is 15.2. The monoisotopic (exact) mass is 285 g/mol. The second-order valence-electron chi connectivity index (χ2n) is 5.16. The first kappa shape index (κ1) is 15.4. The molecule has 2 aromatic carbocycles. The predicted molar refractivity (Wildman–Crippen MR) is 86.0 cm³/mol. The van der Waals surface area contributed by atoms with Gasteiger partial charge in [0.15, 0.2) is 0 Å². The molecule has 0 unspecified atom stereocenters. The molecule has 0 aliphatic heterocycles. The Morgan fingerprint density at radius 3 is 2.19 bits per heavy atom. The van der Waals surface area contributed by atoms with Gasteiger partial charge < -0.3 is 14.8 Å². The molecule has 0 atom stereocenters. The molecule has 3 nitrogen and oxygen atoms in total. The molecule has 1 N–H and O–H groups in total. The molecule has 0 heterocycles. The van der Waals surface area contributed by atoms with E-state index in [0.29, 0.717) is 0 Å². The fourth-order valence-corrected chi connectivity index (χ4v) is 2.44. The first-order valence-electron chi connectivity index (χ1n) is 7.12. The average Bonchev–Trinajstić information content (AvgIpc) is 2.50. The van der Waals surface area contributed by atoms with E-state index in [9.17, 15) is 0 Å². The van der Waals surface area contributed by atoms with Gasteiger partial charge in [0.2, 0.25) is 0 Å². The van der Waals surface area contributed by atoms with Crippen molar-refractivity contribution in [2.45, 2.75) is 26.9 Å². The SMILES string of the molecule is COc1cc(C)c(CNCc2ccccc2OC)cc1C. The number of nitrogens with one attached hydrogen (secondary N) is 1. The third-order valence-corrected chi connectivity index (χ3v) is 3.68. The Labute approximate surface area is 126 Å². The maximum absolute atomic E-state index is 5.36. The number of methoxy groups -OCH3 is 2. The minimum atomic E-state index is 0.786. The zero-order valence-electron chi connectivity index (χ0n) is 13.2. The second-order valence-corrected chi connectivity index (χ2v) is 5.16. The Hall–Kier alpha value is -2.00. The first-order chi connectivity index (χ1) is 10.2. The Balaban J connectivity index is 2.02. The van der Waals surface area contributed by atoms with Crippen molar-refractivity contribution in [2.24, 2.45) is 0 Å². The number of hydrogen-bond acceptors (Lipinski definition) is 3. The molecule has 0 aliphatic carbocycles. The molecule has 0 saturated heterocycles. The van der Waals surface area contributed by atoms with Crippen molar-refractivity contribution < 1.29 is 9.47 Å². The summed E-state index contributed by atoms with van der Waals surface area (Å²) >= 11 is 0. The normalized spacial score (nSPS) is 10.5. The van der Waals surface area contributed by atoms with Crippen molar-refractivity contribution in [2.75, 3.05) is 14.2 Å². The Morgan fingerprint density at radius 1 is 0.810 bits per heavy atom. The molecular weight excluding hydrogens is 262 g/mol. The molecule has 21 heavy (non-hydrogen) atoms. The van der Waals surface area contributed by atoms with E-state index in [-0.39, 0.29) is 0 Å². The number of para-hydroxylation sites is 1. The summed E-state index contributed by atoms with van der Waals surface area (Å²) in [5.74, 6) is 1.87. The highest BCUT2D eigenvalue weighted by atomic mass is 16.5. The lowest BCUT2D eigenvalue weighted by Gasteiger charge is -2.13. The molecule has 0 bridgehead atoms. The number of benzene rings is 2. The van der Waals surface area contributed by atoms with Crippen LogP contribution in [0, 0.1) is 13.8 Å². The molecular formula is C18H23NO2. The van der Waals surface area contributed by atoms with E-state index < -0.39 is 0 Å². The summed E-state index contributed by atoms with van der Waals surface area (Å²) in [4.78, 5) is 0. The Morgan fingerprint density at radius 2 is 1.48 bits per heavy atom. The van der Waals surface area contributed by atoms with Gasteiger partial charge in [0.25, 0.3) is 0 Å². The van der Waals surface area contributed by atoms with Gasteiger partial charge in [-0.05, 0) is 42.7 Å². The smallest absolute Gasteiger partial charge is 0.123 e. The minimum absolute atomic E-state index is 0.786. The van der Waals surface area contributed by atoms with Crippen LogP contribution in [-0.2, 0) is 13.1 Å². The fourth-order valence-electron chi connectivity index (χ4n) is 2.44. The van der Waals surface area contributed by atoms with E-state index >= 15 is 0 Å². The van der Waals surface area contributed by atoms with Crippen molar-refractivity contribution in [1.29, 1.82) is 0 Å². The van der Waals surface area contributed by atoms with E-state index in [4.69, 9.17) is 9.47 Å². The van der Waals surface area contributed by atoms with Gasteiger partial charge in [-0.25, -0.2) is 0 Å². The Bertz CT molecular complexity index is 608. The van der Waals surface area contributed by atoms with Gasteiger partial charge in [0.1, 0.15) is 11.5 Å². The van der Waals surface area contributed by atoms with Crippen molar-refractivity contribution in [3.05, 3.63) is 58.7 Å². The quantitative estimate of drug-likeness (QED) is 0.879. The largest absolute Gasteiger partial charge is 0.496 e. The first-order valence-corrected chi connectivity index (χ1v) is 7.12. The molecule has 2 rings (SSSR count). The lowest BCUT2D eigenvalue weighted by molar-refractivity contribution is 0.407. The maximum atomic E-state index is 5.36. The van der Waals surface area contributed by atoms with Crippen LogP contribution in [0.1, 0.15) is 22.3 Å². The van der Waals surface area contributed by atoms with Gasteiger partial charge in [0, 0.05) is 18.7 Å². The van der Waals surface area contributed by atoms with E-state index in [0.717, 1.165) is 30.2 Å². The van der Waals surface area contributed by atoms with Crippen LogP contribution in [0.25, 0.3) is 0 Å². The highest BCUT2D eigenvalue weighted by Gasteiger charge is 2.06. The van der Waals surface area contributed by atoms with Gasteiger partial charge in [0.05, 0.1) is 14.2 Å². The molecule has 0 fully saturated rings. The third-order valence-electron chi connectivity index (χ3n) is 3.68. The van der Waals surface area contributed by atoms with Crippen molar-refractivity contribution in [3.63, 3.8) is 0 Å². The second kappa shape index (κ2) is 7.14. The lowest BCUT2D eigenvalue weighted by Crippen LogP contribution is -2.14. The summed E-state index contributed by atoms with van der Waals surface area (Å²) in [6.07, 6.45) is 0. The van der Waals surface area contributed by atoms with Gasteiger partial charge in [-0.15, -0.1) is 0 Å². The van der Waals surface area contributed by atoms with Gasteiger partial charge in [-0.2, -0.15) is 0 Å². The van der Waals surface area contributed by atoms with Crippen LogP contribution in [0.2, 0.25) is 0 Å². The summed E-state index contributed by atoms with van der Waals surface area (Å²) < 4.78 is 10.7. The summed E-state index contributed by atoms with van der Waals surface area (Å²) in [6, 6.07) is 12.4. The topological polar surface area (TPSA) is 30.5 Å². The van der Waals surface area contributed by atoms with Crippen LogP contribution >= 0.6 is 0 Å². The number of hydrogen-bond donors (Lipinski definition) is 1. The van der Waals surface area contributed by atoms with Crippen molar-refractivity contribution >= 4 is 0 Å². The molecule has 0 saturated carbocycles. The van der Waals surface area contributed by atoms with Gasteiger partial charge in [-0.3, -0.25) is 0 Å². The molecule has 2 aromatic rings. The van der Waals surface area contributed by atoms with Gasteiger partial charge in [-0.1, -0.05) is 24.3 Å². The number of aryl methyl sites for hydroxylation is 2. The predicted octanol–water partition coefficient (Wildman–Crippen LogP) is 3.61. The molecule has 0 aromatic heterocycles.